The first-order valence-electron chi connectivity index (χ1n) is 10.0. The molecule has 152 valence electrons. The molecule has 0 spiro atoms. The SMILES string of the molecule is CCc1nc(-c2ccc(N3CCN(C(=O)c4cc5ccccc5o4)CC3)nc2)no1. The molecule has 1 fully saturated rings. The van der Waals surface area contributed by atoms with Gasteiger partial charge in [0.05, 0.1) is 0 Å². The van der Waals surface area contributed by atoms with Gasteiger partial charge >= 0.3 is 0 Å². The Labute approximate surface area is 173 Å². The van der Waals surface area contributed by atoms with Gasteiger partial charge in [0, 0.05) is 49.7 Å². The number of rotatable bonds is 4. The van der Waals surface area contributed by atoms with Crippen molar-refractivity contribution in [2.75, 3.05) is 31.1 Å². The highest BCUT2D eigenvalue weighted by Crippen LogP contribution is 2.22. The van der Waals surface area contributed by atoms with Crippen LogP contribution < -0.4 is 4.90 Å². The van der Waals surface area contributed by atoms with Crippen LogP contribution in [0.4, 0.5) is 5.82 Å². The number of carbonyl (C=O) groups excluding carboxylic acids is 1. The molecule has 0 radical (unpaired) electrons. The van der Waals surface area contributed by atoms with Crippen LogP contribution in [0.1, 0.15) is 23.4 Å². The van der Waals surface area contributed by atoms with Crippen LogP contribution in [0.3, 0.4) is 0 Å². The van der Waals surface area contributed by atoms with Crippen molar-refractivity contribution >= 4 is 22.7 Å². The van der Waals surface area contributed by atoms with E-state index in [4.69, 9.17) is 8.94 Å². The van der Waals surface area contributed by atoms with E-state index in [-0.39, 0.29) is 5.91 Å². The van der Waals surface area contributed by atoms with Gasteiger partial charge in [0.2, 0.25) is 11.7 Å². The second-order valence-electron chi connectivity index (χ2n) is 7.20. The molecule has 4 aromatic rings. The third kappa shape index (κ3) is 3.41. The normalized spacial score (nSPS) is 14.4. The van der Waals surface area contributed by atoms with Crippen molar-refractivity contribution in [1.82, 2.24) is 20.0 Å². The van der Waals surface area contributed by atoms with Gasteiger partial charge in [-0.2, -0.15) is 4.98 Å². The van der Waals surface area contributed by atoms with Crippen molar-refractivity contribution in [3.05, 3.63) is 60.3 Å². The lowest BCUT2D eigenvalue weighted by Crippen LogP contribution is -2.49. The molecule has 0 unspecified atom stereocenters. The number of aromatic nitrogens is 3. The van der Waals surface area contributed by atoms with Gasteiger partial charge in [0.25, 0.3) is 5.91 Å². The number of aryl methyl sites for hydroxylation is 1. The average molecular weight is 403 g/mol. The molecule has 4 heterocycles. The van der Waals surface area contributed by atoms with Gasteiger partial charge in [-0.1, -0.05) is 30.3 Å². The summed E-state index contributed by atoms with van der Waals surface area (Å²) in [6.07, 6.45) is 2.46. The maximum absolute atomic E-state index is 12.8. The number of furan rings is 1. The Morgan fingerprint density at radius 2 is 1.93 bits per heavy atom. The van der Waals surface area contributed by atoms with Crippen molar-refractivity contribution in [1.29, 1.82) is 0 Å². The highest BCUT2D eigenvalue weighted by atomic mass is 16.5. The Hall–Kier alpha value is -3.68. The minimum atomic E-state index is -0.0713. The van der Waals surface area contributed by atoms with Crippen molar-refractivity contribution in [3.63, 3.8) is 0 Å². The maximum atomic E-state index is 12.8. The van der Waals surface area contributed by atoms with Crippen molar-refractivity contribution < 1.29 is 13.7 Å². The van der Waals surface area contributed by atoms with Gasteiger partial charge in [-0.05, 0) is 24.3 Å². The van der Waals surface area contributed by atoms with E-state index in [0.717, 1.165) is 22.4 Å². The maximum Gasteiger partial charge on any atom is 0.289 e. The number of anilines is 1. The minimum Gasteiger partial charge on any atom is -0.451 e. The lowest BCUT2D eigenvalue weighted by atomic mass is 10.2. The van der Waals surface area contributed by atoms with Crippen molar-refractivity contribution in [2.45, 2.75) is 13.3 Å². The summed E-state index contributed by atoms with van der Waals surface area (Å²) in [6.45, 7) is 4.62. The molecule has 5 rings (SSSR count). The second kappa shape index (κ2) is 7.62. The minimum absolute atomic E-state index is 0.0713. The third-order valence-corrected chi connectivity index (χ3v) is 5.30. The fraction of sp³-hybridized carbons (Fsp3) is 0.273. The van der Waals surface area contributed by atoms with Crippen LogP contribution >= 0.6 is 0 Å². The van der Waals surface area contributed by atoms with Gasteiger partial charge in [0.1, 0.15) is 11.4 Å². The molecule has 30 heavy (non-hydrogen) atoms. The predicted octanol–water partition coefficient (Wildman–Crippen LogP) is 3.40. The van der Waals surface area contributed by atoms with Crippen LogP contribution in [0.25, 0.3) is 22.4 Å². The number of para-hydroxylation sites is 1. The zero-order valence-electron chi connectivity index (χ0n) is 16.6. The zero-order valence-corrected chi connectivity index (χ0v) is 16.6. The predicted molar refractivity (Wildman–Crippen MR) is 111 cm³/mol. The smallest absolute Gasteiger partial charge is 0.289 e. The molecule has 0 atom stereocenters. The third-order valence-electron chi connectivity index (χ3n) is 5.30. The van der Waals surface area contributed by atoms with Gasteiger partial charge in [-0.25, -0.2) is 4.98 Å². The van der Waals surface area contributed by atoms with Gasteiger partial charge in [-0.3, -0.25) is 4.79 Å². The number of hydrogen-bond donors (Lipinski definition) is 0. The molecule has 8 heteroatoms. The molecule has 1 aliphatic heterocycles. The molecule has 1 aromatic carbocycles. The summed E-state index contributed by atoms with van der Waals surface area (Å²) in [7, 11) is 0. The van der Waals surface area contributed by atoms with Gasteiger partial charge < -0.3 is 18.7 Å². The van der Waals surface area contributed by atoms with Crippen LogP contribution in [-0.2, 0) is 6.42 Å². The molecule has 1 amide bonds. The van der Waals surface area contributed by atoms with E-state index in [1.54, 1.807) is 6.20 Å². The van der Waals surface area contributed by atoms with E-state index < -0.39 is 0 Å². The molecular weight excluding hydrogens is 382 g/mol. The molecule has 0 aliphatic carbocycles. The average Bonchev–Trinajstić information content (AvgIpc) is 3.46. The molecule has 0 bridgehead atoms. The second-order valence-corrected chi connectivity index (χ2v) is 7.20. The molecule has 0 N–H and O–H groups in total. The molecule has 3 aromatic heterocycles. The Bertz CT molecular complexity index is 1140. The summed E-state index contributed by atoms with van der Waals surface area (Å²) in [5.74, 6) is 2.34. The Morgan fingerprint density at radius 1 is 1.10 bits per heavy atom. The molecule has 1 saturated heterocycles. The van der Waals surface area contributed by atoms with E-state index in [9.17, 15) is 4.79 Å². The van der Waals surface area contributed by atoms with Crippen LogP contribution in [0.2, 0.25) is 0 Å². The fourth-order valence-electron chi connectivity index (χ4n) is 3.60. The molecule has 8 nitrogen and oxygen atoms in total. The first-order valence-corrected chi connectivity index (χ1v) is 10.0. The number of amides is 1. The summed E-state index contributed by atoms with van der Waals surface area (Å²) in [6, 6.07) is 13.4. The highest BCUT2D eigenvalue weighted by Gasteiger charge is 2.25. The van der Waals surface area contributed by atoms with Crippen LogP contribution in [0, 0.1) is 0 Å². The number of piperazine rings is 1. The number of benzene rings is 1. The lowest BCUT2D eigenvalue weighted by Gasteiger charge is -2.35. The van der Waals surface area contributed by atoms with Gasteiger partial charge in [-0.15, -0.1) is 0 Å². The van der Waals surface area contributed by atoms with Crippen LogP contribution in [-0.4, -0.2) is 52.1 Å². The summed E-state index contributed by atoms with van der Waals surface area (Å²) >= 11 is 0. The number of nitrogens with zero attached hydrogens (tertiary/aromatic N) is 5. The first kappa shape index (κ1) is 18.4. The monoisotopic (exact) mass is 403 g/mol. The van der Waals surface area contributed by atoms with E-state index in [1.165, 1.54) is 0 Å². The largest absolute Gasteiger partial charge is 0.451 e. The summed E-state index contributed by atoms with van der Waals surface area (Å²) in [4.78, 5) is 25.7. The Kier molecular flexibility index (Phi) is 4.66. The number of fused-ring (bicyclic) bond motifs is 1. The number of pyridine rings is 1. The van der Waals surface area contributed by atoms with Crippen molar-refractivity contribution in [2.24, 2.45) is 0 Å². The lowest BCUT2D eigenvalue weighted by molar-refractivity contribution is 0.0717. The van der Waals surface area contributed by atoms with Crippen LogP contribution in [0.5, 0.6) is 0 Å². The standard InChI is InChI=1S/C22H21N5O3/c1-2-20-24-21(25-30-20)16-7-8-19(23-14-16)26-9-11-27(12-10-26)22(28)18-13-15-5-3-4-6-17(15)29-18/h3-8,13-14H,2,9-12H2,1H3. The zero-order chi connectivity index (χ0) is 20.5. The number of hydrogen-bond acceptors (Lipinski definition) is 7. The molecule has 1 aliphatic rings. The summed E-state index contributed by atoms with van der Waals surface area (Å²) in [5.41, 5.74) is 1.55. The Morgan fingerprint density at radius 3 is 2.63 bits per heavy atom. The quantitative estimate of drug-likeness (QED) is 0.516. The Balaban J connectivity index is 1.23. The van der Waals surface area contributed by atoms with E-state index in [1.807, 2.05) is 54.3 Å². The topological polar surface area (TPSA) is 88.5 Å². The van der Waals surface area contributed by atoms with Crippen molar-refractivity contribution in [3.8, 4) is 11.4 Å². The molecule has 0 saturated carbocycles. The van der Waals surface area contributed by atoms with E-state index in [0.29, 0.717) is 50.1 Å². The van der Waals surface area contributed by atoms with Gasteiger partial charge in [0.15, 0.2) is 5.76 Å². The summed E-state index contributed by atoms with van der Waals surface area (Å²) < 4.78 is 10.9. The molecular formula is C22H21N5O3. The first-order chi connectivity index (χ1) is 14.7. The summed E-state index contributed by atoms with van der Waals surface area (Å²) in [5, 5.41) is 4.92. The highest BCUT2D eigenvalue weighted by molar-refractivity contribution is 5.96. The fourth-order valence-corrected chi connectivity index (χ4v) is 3.60. The van der Waals surface area contributed by atoms with E-state index >= 15 is 0 Å². The van der Waals surface area contributed by atoms with Crippen LogP contribution in [0.15, 0.2) is 57.6 Å². The number of carbonyl (C=O) groups is 1. The van der Waals surface area contributed by atoms with E-state index in [2.05, 4.69) is 20.0 Å².